The number of hydrogen-bond donors (Lipinski definition) is 0. The second-order valence-electron chi connectivity index (χ2n) is 6.05. The summed E-state index contributed by atoms with van der Waals surface area (Å²) in [6.07, 6.45) is 5.36. The van der Waals surface area contributed by atoms with Gasteiger partial charge < -0.3 is 9.64 Å². The molecule has 1 amide bonds. The van der Waals surface area contributed by atoms with Crippen LogP contribution in [0.3, 0.4) is 0 Å². The maximum atomic E-state index is 13.0. The van der Waals surface area contributed by atoms with Crippen molar-refractivity contribution in [3.63, 3.8) is 0 Å². The standard InChI is InChI=1S/C20H22N4O2/c1-23(19(15-26-2)18-9-3-4-10-21-18)20(25)17-8-5-7-16(13-17)14-24-12-6-11-22-24/h3-13,19H,14-15H2,1-2H3/t19-/m0/s1. The van der Waals surface area contributed by atoms with Crippen LogP contribution >= 0.6 is 0 Å². The van der Waals surface area contributed by atoms with Crippen LogP contribution in [0.4, 0.5) is 0 Å². The van der Waals surface area contributed by atoms with E-state index in [1.807, 2.05) is 59.4 Å². The first-order valence-electron chi connectivity index (χ1n) is 8.42. The zero-order valence-electron chi connectivity index (χ0n) is 14.9. The van der Waals surface area contributed by atoms with Gasteiger partial charge in [0.2, 0.25) is 0 Å². The van der Waals surface area contributed by atoms with Crippen molar-refractivity contribution in [2.45, 2.75) is 12.6 Å². The lowest BCUT2D eigenvalue weighted by Gasteiger charge is -2.27. The predicted octanol–water partition coefficient (Wildman–Crippen LogP) is 2.79. The van der Waals surface area contributed by atoms with Gasteiger partial charge in [-0.2, -0.15) is 5.10 Å². The van der Waals surface area contributed by atoms with Gasteiger partial charge in [0.1, 0.15) is 0 Å². The van der Waals surface area contributed by atoms with Crippen molar-refractivity contribution in [3.05, 3.63) is 83.9 Å². The van der Waals surface area contributed by atoms with Gasteiger partial charge in [-0.3, -0.25) is 14.5 Å². The summed E-state index contributed by atoms with van der Waals surface area (Å²) < 4.78 is 7.14. The smallest absolute Gasteiger partial charge is 0.254 e. The first kappa shape index (κ1) is 17.8. The number of aromatic nitrogens is 3. The molecule has 0 N–H and O–H groups in total. The fraction of sp³-hybridized carbons (Fsp3) is 0.250. The van der Waals surface area contributed by atoms with E-state index in [-0.39, 0.29) is 11.9 Å². The molecule has 2 aromatic heterocycles. The Hall–Kier alpha value is -2.99. The summed E-state index contributed by atoms with van der Waals surface area (Å²) in [5, 5.41) is 4.21. The summed E-state index contributed by atoms with van der Waals surface area (Å²) >= 11 is 0. The topological polar surface area (TPSA) is 60.2 Å². The summed E-state index contributed by atoms with van der Waals surface area (Å²) in [7, 11) is 3.40. The van der Waals surface area contributed by atoms with Crippen molar-refractivity contribution in [2.24, 2.45) is 0 Å². The van der Waals surface area contributed by atoms with Crippen molar-refractivity contribution < 1.29 is 9.53 Å². The molecule has 0 spiro atoms. The molecule has 3 rings (SSSR count). The highest BCUT2D eigenvalue weighted by Crippen LogP contribution is 2.20. The van der Waals surface area contributed by atoms with E-state index in [0.717, 1.165) is 11.3 Å². The maximum absolute atomic E-state index is 13.0. The highest BCUT2D eigenvalue weighted by molar-refractivity contribution is 5.94. The van der Waals surface area contributed by atoms with Crippen LogP contribution < -0.4 is 0 Å². The molecule has 0 saturated carbocycles. The van der Waals surface area contributed by atoms with Gasteiger partial charge in [-0.15, -0.1) is 0 Å². The average Bonchev–Trinajstić information content (AvgIpc) is 3.19. The van der Waals surface area contributed by atoms with Crippen LogP contribution in [0.5, 0.6) is 0 Å². The summed E-state index contributed by atoms with van der Waals surface area (Å²) in [6.45, 7) is 1.01. The Kier molecular flexibility index (Phi) is 5.76. The monoisotopic (exact) mass is 350 g/mol. The first-order chi connectivity index (χ1) is 12.7. The maximum Gasteiger partial charge on any atom is 0.254 e. The minimum absolute atomic E-state index is 0.0694. The molecular weight excluding hydrogens is 328 g/mol. The van der Waals surface area contributed by atoms with Crippen LogP contribution in [0.25, 0.3) is 0 Å². The van der Waals surface area contributed by atoms with Crippen LogP contribution in [0.1, 0.15) is 27.7 Å². The minimum atomic E-state index is -0.247. The Balaban J connectivity index is 1.80. The molecule has 0 aliphatic heterocycles. The molecular formula is C20H22N4O2. The lowest BCUT2D eigenvalue weighted by Crippen LogP contribution is -2.34. The fourth-order valence-electron chi connectivity index (χ4n) is 2.86. The van der Waals surface area contributed by atoms with E-state index < -0.39 is 0 Å². The predicted molar refractivity (Wildman–Crippen MR) is 98.7 cm³/mol. The van der Waals surface area contributed by atoms with E-state index in [9.17, 15) is 4.79 Å². The molecule has 0 aliphatic rings. The molecule has 0 aliphatic carbocycles. The quantitative estimate of drug-likeness (QED) is 0.657. The summed E-state index contributed by atoms with van der Waals surface area (Å²) in [5.74, 6) is -0.0694. The molecule has 0 fully saturated rings. The van der Waals surface area contributed by atoms with Crippen molar-refractivity contribution in [1.82, 2.24) is 19.7 Å². The van der Waals surface area contributed by atoms with Crippen molar-refractivity contribution in [3.8, 4) is 0 Å². The Bertz CT molecular complexity index is 834. The molecule has 0 radical (unpaired) electrons. The highest BCUT2D eigenvalue weighted by atomic mass is 16.5. The zero-order chi connectivity index (χ0) is 18.4. The number of methoxy groups -OCH3 is 1. The lowest BCUT2D eigenvalue weighted by molar-refractivity contribution is 0.0595. The number of carbonyl (C=O) groups is 1. The van der Waals surface area contributed by atoms with E-state index in [1.165, 1.54) is 0 Å². The number of ether oxygens (including phenoxy) is 1. The summed E-state index contributed by atoms with van der Waals surface area (Å²) in [6, 6.07) is 14.9. The molecule has 1 atom stereocenters. The molecule has 0 unspecified atom stereocenters. The van der Waals surface area contributed by atoms with Crippen LogP contribution in [0, 0.1) is 0 Å². The van der Waals surface area contributed by atoms with E-state index >= 15 is 0 Å². The van der Waals surface area contributed by atoms with Gasteiger partial charge in [0.05, 0.1) is 24.9 Å². The summed E-state index contributed by atoms with van der Waals surface area (Å²) in [5.41, 5.74) is 2.46. The van der Waals surface area contributed by atoms with E-state index in [2.05, 4.69) is 10.1 Å². The van der Waals surface area contributed by atoms with Gasteiger partial charge in [0.25, 0.3) is 5.91 Å². The van der Waals surface area contributed by atoms with Crippen molar-refractivity contribution >= 4 is 5.91 Å². The number of pyridine rings is 1. The number of likely N-dealkylation sites (N-methyl/N-ethyl adjacent to an activating group) is 1. The molecule has 26 heavy (non-hydrogen) atoms. The largest absolute Gasteiger partial charge is 0.382 e. The lowest BCUT2D eigenvalue weighted by atomic mass is 10.1. The van der Waals surface area contributed by atoms with Gasteiger partial charge in [0.15, 0.2) is 0 Å². The third kappa shape index (κ3) is 4.15. The molecule has 6 nitrogen and oxygen atoms in total. The average molecular weight is 350 g/mol. The highest BCUT2D eigenvalue weighted by Gasteiger charge is 2.23. The van der Waals surface area contributed by atoms with Crippen LogP contribution in [-0.4, -0.2) is 46.3 Å². The normalized spacial score (nSPS) is 11.9. The second-order valence-corrected chi connectivity index (χ2v) is 6.05. The van der Waals surface area contributed by atoms with Gasteiger partial charge in [-0.05, 0) is 35.9 Å². The Labute approximate surface area is 153 Å². The molecule has 3 aromatic rings. The van der Waals surface area contributed by atoms with Crippen molar-refractivity contribution in [1.29, 1.82) is 0 Å². The van der Waals surface area contributed by atoms with Gasteiger partial charge in [-0.1, -0.05) is 18.2 Å². The molecule has 0 bridgehead atoms. The number of carbonyl (C=O) groups excluding carboxylic acids is 1. The minimum Gasteiger partial charge on any atom is -0.382 e. The van der Waals surface area contributed by atoms with E-state index in [1.54, 1.807) is 31.5 Å². The van der Waals surface area contributed by atoms with Crippen LogP contribution in [0.2, 0.25) is 0 Å². The molecule has 6 heteroatoms. The number of rotatable bonds is 7. The van der Waals surface area contributed by atoms with Crippen LogP contribution in [-0.2, 0) is 11.3 Å². The first-order valence-corrected chi connectivity index (χ1v) is 8.42. The van der Waals surface area contributed by atoms with Crippen molar-refractivity contribution in [2.75, 3.05) is 20.8 Å². The Morgan fingerprint density at radius 1 is 1.19 bits per heavy atom. The Morgan fingerprint density at radius 3 is 2.77 bits per heavy atom. The number of benzene rings is 1. The SMILES string of the molecule is COC[C@@H](c1ccccn1)N(C)C(=O)c1cccc(Cn2cccn2)c1. The molecule has 0 saturated heterocycles. The number of amides is 1. The second kappa shape index (κ2) is 8.40. The van der Waals surface area contributed by atoms with Gasteiger partial charge >= 0.3 is 0 Å². The molecule has 134 valence electrons. The molecule has 1 aromatic carbocycles. The number of nitrogens with zero attached hydrogens (tertiary/aromatic N) is 4. The third-order valence-electron chi connectivity index (χ3n) is 4.22. The third-order valence-corrected chi connectivity index (χ3v) is 4.22. The zero-order valence-corrected chi connectivity index (χ0v) is 14.9. The fourth-order valence-corrected chi connectivity index (χ4v) is 2.86. The van der Waals surface area contributed by atoms with E-state index in [4.69, 9.17) is 4.74 Å². The Morgan fingerprint density at radius 2 is 2.08 bits per heavy atom. The van der Waals surface area contributed by atoms with E-state index in [0.29, 0.717) is 18.7 Å². The number of hydrogen-bond acceptors (Lipinski definition) is 4. The van der Waals surface area contributed by atoms with Gasteiger partial charge in [-0.25, -0.2) is 0 Å². The molecule has 2 heterocycles. The van der Waals surface area contributed by atoms with Crippen LogP contribution in [0.15, 0.2) is 67.1 Å². The summed E-state index contributed by atoms with van der Waals surface area (Å²) in [4.78, 5) is 19.1. The van der Waals surface area contributed by atoms with Gasteiger partial charge in [0, 0.05) is 38.3 Å².